The molecule has 6 heterocycles. The van der Waals surface area contributed by atoms with E-state index in [1.165, 1.54) is 0 Å². The predicted octanol–water partition coefficient (Wildman–Crippen LogP) is 1.25. The van der Waals surface area contributed by atoms with E-state index in [2.05, 4.69) is 0 Å². The summed E-state index contributed by atoms with van der Waals surface area (Å²) in [6.07, 6.45) is -4.32. The van der Waals surface area contributed by atoms with Gasteiger partial charge in [0, 0.05) is 29.7 Å². The fourth-order valence-corrected chi connectivity index (χ4v) is 7.59. The quantitative estimate of drug-likeness (QED) is 0.0903. The first-order valence-corrected chi connectivity index (χ1v) is 16.5. The highest BCUT2D eigenvalue weighted by Gasteiger charge is 2.63. The van der Waals surface area contributed by atoms with Crippen molar-refractivity contribution < 1.29 is 72.6 Å². The van der Waals surface area contributed by atoms with Crippen molar-refractivity contribution in [1.29, 1.82) is 0 Å². The molecule has 268 valence electrons. The van der Waals surface area contributed by atoms with Crippen molar-refractivity contribution in [3.05, 3.63) is 53.6 Å². The van der Waals surface area contributed by atoms with E-state index < -0.39 is 66.7 Å². The standard InChI is InChI=1S/C34H37NO15/c35-7-8-41-33-30(31(40)34-6-5-16(13-36)21(48-34)3-4-23(32(34)47-33)45-28(39)12-27(37)38)50-49-17-1-2-22-19(9-17)29-20(14-42-22)18-10-25-26(44-15-43-25)11-24(18)46-29/h1-2,5-6,9-11,16,20-21,23,29-33,36,40H,3-4,7-8,12-15,35H2,(H,37,38)/t16-,20+,21+,23-,29+,30+,31+,32+,33+,34-/m0/s1. The third-order valence-electron chi connectivity index (χ3n) is 9.95. The molecule has 0 aromatic heterocycles. The summed E-state index contributed by atoms with van der Waals surface area (Å²) in [7, 11) is 0. The molecule has 16 nitrogen and oxygen atoms in total. The predicted molar refractivity (Wildman–Crippen MR) is 164 cm³/mol. The number of carboxylic acid groups (broad SMARTS) is 1. The van der Waals surface area contributed by atoms with Gasteiger partial charge in [-0.05, 0) is 37.1 Å². The van der Waals surface area contributed by atoms with E-state index in [0.717, 1.165) is 11.1 Å². The molecule has 6 aliphatic rings. The largest absolute Gasteiger partial charge is 0.492 e. The van der Waals surface area contributed by atoms with E-state index in [1.807, 2.05) is 12.1 Å². The van der Waals surface area contributed by atoms with Crippen molar-refractivity contribution in [1.82, 2.24) is 0 Å². The van der Waals surface area contributed by atoms with Gasteiger partial charge < -0.3 is 63.8 Å². The van der Waals surface area contributed by atoms with E-state index in [-0.39, 0.29) is 50.7 Å². The van der Waals surface area contributed by atoms with Crippen LogP contribution >= 0.6 is 0 Å². The van der Waals surface area contributed by atoms with Gasteiger partial charge in [-0.3, -0.25) is 9.59 Å². The van der Waals surface area contributed by atoms with Crippen LogP contribution in [0.15, 0.2) is 42.5 Å². The molecule has 16 heteroatoms. The second-order valence-corrected chi connectivity index (χ2v) is 13.0. The number of rotatable bonds is 10. The van der Waals surface area contributed by atoms with Crippen LogP contribution in [0.25, 0.3) is 0 Å². The number of benzene rings is 2. The molecule has 2 bridgehead atoms. The molecule has 0 unspecified atom stereocenters. The summed E-state index contributed by atoms with van der Waals surface area (Å²) in [5, 5.41) is 31.2. The van der Waals surface area contributed by atoms with E-state index in [0.29, 0.717) is 36.0 Å². The third-order valence-corrected chi connectivity index (χ3v) is 9.95. The number of aliphatic hydroxyl groups excluding tert-OH is 2. The van der Waals surface area contributed by atoms with E-state index in [4.69, 9.17) is 58.5 Å². The number of carbonyl (C=O) groups excluding carboxylic acids is 1. The van der Waals surface area contributed by atoms with Crippen LogP contribution in [-0.4, -0.2) is 103 Å². The lowest BCUT2D eigenvalue weighted by Crippen LogP contribution is -2.70. The number of aliphatic hydroxyl groups is 2. The average Bonchev–Trinajstić information content (AvgIpc) is 3.69. The molecular formula is C34H37NO15. The van der Waals surface area contributed by atoms with Crippen LogP contribution in [0, 0.1) is 5.92 Å². The minimum absolute atomic E-state index is 0.0169. The molecule has 2 aromatic carbocycles. The number of nitrogens with two attached hydrogens (primary N) is 1. The number of aliphatic carboxylic acids is 1. The summed E-state index contributed by atoms with van der Waals surface area (Å²) < 4.78 is 47.8. The Morgan fingerprint density at radius 1 is 1.02 bits per heavy atom. The second kappa shape index (κ2) is 13.2. The molecule has 50 heavy (non-hydrogen) atoms. The second-order valence-electron chi connectivity index (χ2n) is 13.0. The minimum Gasteiger partial charge on any atom is -0.492 e. The highest BCUT2D eigenvalue weighted by molar-refractivity contribution is 5.90. The molecule has 2 fully saturated rings. The first-order valence-electron chi connectivity index (χ1n) is 16.5. The van der Waals surface area contributed by atoms with Gasteiger partial charge >= 0.3 is 11.9 Å². The van der Waals surface area contributed by atoms with Gasteiger partial charge in [-0.1, -0.05) is 12.2 Å². The summed E-state index contributed by atoms with van der Waals surface area (Å²) in [6, 6.07) is 8.85. The first-order chi connectivity index (χ1) is 24.3. The van der Waals surface area contributed by atoms with Crippen LogP contribution in [0.1, 0.15) is 42.4 Å². The van der Waals surface area contributed by atoms with Gasteiger partial charge in [0.05, 0.1) is 31.8 Å². The van der Waals surface area contributed by atoms with Crippen molar-refractivity contribution in [2.24, 2.45) is 11.7 Å². The SMILES string of the molecule is NCCO[C@@H]1O[C@@H]2[C@@H](OC(=O)CC(=O)O)CC[C@H]3O[C@@]2(C=C[C@H]3CO)[C@H](O)[C@H]1OOc1ccc2c(c1)[C@H]1Oc3cc4c(cc3[C@H]1CO2)OCO4. The zero-order chi connectivity index (χ0) is 34.6. The van der Waals surface area contributed by atoms with Crippen molar-refractivity contribution in [2.45, 2.75) is 73.7 Å². The van der Waals surface area contributed by atoms with E-state index in [9.17, 15) is 19.8 Å². The van der Waals surface area contributed by atoms with Crippen molar-refractivity contribution in [3.63, 3.8) is 0 Å². The fraction of sp³-hybridized carbons (Fsp3) is 0.529. The zero-order valence-corrected chi connectivity index (χ0v) is 26.7. The number of ether oxygens (including phenoxy) is 8. The minimum atomic E-state index is -1.65. The maximum Gasteiger partial charge on any atom is 0.317 e. The van der Waals surface area contributed by atoms with Crippen LogP contribution < -0.4 is 29.6 Å². The summed E-state index contributed by atoms with van der Waals surface area (Å²) in [5.74, 6) is -0.0180. The van der Waals surface area contributed by atoms with E-state index in [1.54, 1.807) is 30.4 Å². The molecule has 2 saturated heterocycles. The Morgan fingerprint density at radius 2 is 1.86 bits per heavy atom. The third kappa shape index (κ3) is 5.70. The Hall–Kier alpha value is -4.16. The molecule has 0 aliphatic carbocycles. The van der Waals surface area contributed by atoms with Gasteiger partial charge in [0.25, 0.3) is 0 Å². The lowest BCUT2D eigenvalue weighted by molar-refractivity contribution is -0.394. The summed E-state index contributed by atoms with van der Waals surface area (Å²) >= 11 is 0. The van der Waals surface area contributed by atoms with Crippen molar-refractivity contribution in [2.75, 3.05) is 33.2 Å². The highest BCUT2D eigenvalue weighted by atomic mass is 17.2. The van der Waals surface area contributed by atoms with Gasteiger partial charge in [0.1, 0.15) is 47.9 Å². The molecule has 5 N–H and O–H groups in total. The van der Waals surface area contributed by atoms with Crippen molar-refractivity contribution in [3.8, 4) is 28.7 Å². The maximum absolute atomic E-state index is 12.5. The Bertz CT molecular complexity index is 1670. The smallest absolute Gasteiger partial charge is 0.317 e. The van der Waals surface area contributed by atoms with Gasteiger partial charge in [0.15, 0.2) is 29.6 Å². The van der Waals surface area contributed by atoms with Gasteiger partial charge in [-0.15, -0.1) is 0 Å². The van der Waals surface area contributed by atoms with Crippen molar-refractivity contribution >= 4 is 11.9 Å². The molecule has 6 aliphatic heterocycles. The van der Waals surface area contributed by atoms with Crippen LogP contribution in [0.3, 0.4) is 0 Å². The van der Waals surface area contributed by atoms with Gasteiger partial charge in [-0.25, -0.2) is 0 Å². The van der Waals surface area contributed by atoms with Gasteiger partial charge in [0.2, 0.25) is 6.79 Å². The lowest BCUT2D eigenvalue weighted by atomic mass is 9.79. The van der Waals surface area contributed by atoms with E-state index >= 15 is 0 Å². The number of hydrogen-bond donors (Lipinski definition) is 4. The molecule has 2 aromatic rings. The Kier molecular flexibility index (Phi) is 8.71. The molecular weight excluding hydrogens is 662 g/mol. The number of esters is 1. The Morgan fingerprint density at radius 3 is 2.66 bits per heavy atom. The number of fused-ring (bicyclic) bond motifs is 7. The molecule has 1 spiro atoms. The normalized spacial score (nSPS) is 34.2. The van der Waals surface area contributed by atoms with Crippen LogP contribution in [-0.2, 0) is 33.4 Å². The topological polar surface area (TPSA) is 213 Å². The fourth-order valence-electron chi connectivity index (χ4n) is 7.59. The first kappa shape index (κ1) is 33.0. The lowest BCUT2D eigenvalue weighted by Gasteiger charge is -2.52. The Labute approximate surface area is 285 Å². The monoisotopic (exact) mass is 699 g/mol. The van der Waals surface area contributed by atoms with Crippen LogP contribution in [0.2, 0.25) is 0 Å². The van der Waals surface area contributed by atoms with Gasteiger partial charge in [-0.2, -0.15) is 4.89 Å². The molecule has 0 radical (unpaired) electrons. The number of carbonyl (C=O) groups is 2. The summed E-state index contributed by atoms with van der Waals surface area (Å²) in [5.41, 5.74) is 5.75. The molecule has 0 saturated carbocycles. The zero-order valence-electron chi connectivity index (χ0n) is 26.7. The van der Waals surface area contributed by atoms with Crippen LogP contribution in [0.5, 0.6) is 28.7 Å². The summed E-state index contributed by atoms with van der Waals surface area (Å²) in [6.45, 7) is 0.456. The summed E-state index contributed by atoms with van der Waals surface area (Å²) in [4.78, 5) is 35.5. The molecule has 0 amide bonds. The highest BCUT2D eigenvalue weighted by Crippen LogP contribution is 2.55. The number of hydrogen-bond acceptors (Lipinski definition) is 15. The maximum atomic E-state index is 12.5. The molecule has 10 atom stereocenters. The average molecular weight is 700 g/mol. The Balaban J connectivity index is 1.05. The molecule has 8 rings (SSSR count). The van der Waals surface area contributed by atoms with Crippen LogP contribution in [0.4, 0.5) is 0 Å². The number of carboxylic acids is 1.